The molecule has 1 aliphatic rings. The van der Waals surface area contributed by atoms with Crippen molar-refractivity contribution in [1.29, 1.82) is 0 Å². The molecule has 1 amide bonds. The third kappa shape index (κ3) is 3.91. The van der Waals surface area contributed by atoms with Crippen molar-refractivity contribution in [1.82, 2.24) is 24.5 Å². The van der Waals surface area contributed by atoms with E-state index < -0.39 is 0 Å². The number of benzene rings is 1. The van der Waals surface area contributed by atoms with Gasteiger partial charge in [-0.3, -0.25) is 9.59 Å². The first kappa shape index (κ1) is 20.0. The van der Waals surface area contributed by atoms with Crippen molar-refractivity contribution in [3.8, 4) is 11.4 Å². The van der Waals surface area contributed by atoms with Gasteiger partial charge in [-0.1, -0.05) is 36.4 Å². The number of nitrogens with zero attached hydrogens (tertiary/aromatic N) is 4. The number of nitrogens with one attached hydrogen (secondary N) is 1. The Bertz CT molecular complexity index is 1130. The molecule has 8 nitrogen and oxygen atoms in total. The van der Waals surface area contributed by atoms with Crippen LogP contribution in [0.3, 0.4) is 0 Å². The predicted octanol–water partition coefficient (Wildman–Crippen LogP) is 1.89. The fourth-order valence-electron chi connectivity index (χ4n) is 3.73. The van der Waals surface area contributed by atoms with Gasteiger partial charge in [0.05, 0.1) is 12.5 Å². The lowest BCUT2D eigenvalue weighted by Crippen LogP contribution is -2.35. The molecule has 0 spiro atoms. The van der Waals surface area contributed by atoms with Crippen LogP contribution in [-0.4, -0.2) is 44.3 Å². The van der Waals surface area contributed by atoms with E-state index in [1.807, 2.05) is 41.8 Å². The van der Waals surface area contributed by atoms with Crippen molar-refractivity contribution in [3.05, 3.63) is 64.6 Å². The lowest BCUT2D eigenvalue weighted by molar-refractivity contribution is -0.121. The quantitative estimate of drug-likeness (QED) is 0.604. The number of ether oxygens (including phenoxy) is 1. The molecule has 156 valence electrons. The maximum atomic E-state index is 13.2. The summed E-state index contributed by atoms with van der Waals surface area (Å²) in [4.78, 5) is 30.3. The zero-order valence-electron chi connectivity index (χ0n) is 17.0. The lowest BCUT2D eigenvalue weighted by atomic mass is 10.1. The summed E-state index contributed by atoms with van der Waals surface area (Å²) in [6.07, 6.45) is 3.72. The number of rotatable bonds is 7. The highest BCUT2D eigenvalue weighted by Gasteiger charge is 2.21. The standard InChI is InChI=1S/C22H25N5O3/c1-3-11-26-15(2)18(13-19(28)23-14-17-10-7-12-30-17)21(29)27-22(26)24-20(25-27)16-8-5-4-6-9-16/h3-6,8-9,17H,1,7,10-14H2,2H3,(H,23,28)/t17-/m1/s1. The Morgan fingerprint density at radius 1 is 1.37 bits per heavy atom. The molecule has 1 aromatic carbocycles. The van der Waals surface area contributed by atoms with Crippen LogP contribution in [-0.2, 0) is 22.5 Å². The van der Waals surface area contributed by atoms with E-state index in [4.69, 9.17) is 4.74 Å². The number of carbonyl (C=O) groups excluding carboxylic acids is 1. The number of fused-ring (bicyclic) bond motifs is 1. The van der Waals surface area contributed by atoms with Crippen molar-refractivity contribution in [2.45, 2.75) is 38.8 Å². The van der Waals surface area contributed by atoms with Gasteiger partial charge in [-0.25, -0.2) is 0 Å². The first-order valence-electron chi connectivity index (χ1n) is 10.1. The third-order valence-electron chi connectivity index (χ3n) is 5.36. The van der Waals surface area contributed by atoms with Gasteiger partial charge in [-0.15, -0.1) is 11.7 Å². The minimum Gasteiger partial charge on any atom is -0.376 e. The topological polar surface area (TPSA) is 90.5 Å². The normalized spacial score (nSPS) is 16.1. The number of hydrogen-bond acceptors (Lipinski definition) is 5. The van der Waals surface area contributed by atoms with E-state index in [0.717, 1.165) is 25.0 Å². The average molecular weight is 407 g/mol. The largest absolute Gasteiger partial charge is 0.376 e. The number of allylic oxidation sites excluding steroid dienone is 1. The maximum absolute atomic E-state index is 13.2. The highest BCUT2D eigenvalue weighted by molar-refractivity contribution is 5.78. The first-order chi connectivity index (χ1) is 14.6. The molecule has 3 heterocycles. The molecule has 1 aliphatic heterocycles. The smallest absolute Gasteiger partial charge is 0.279 e. The summed E-state index contributed by atoms with van der Waals surface area (Å²) < 4.78 is 8.68. The predicted molar refractivity (Wildman–Crippen MR) is 113 cm³/mol. The van der Waals surface area contributed by atoms with Gasteiger partial charge in [0.1, 0.15) is 0 Å². The van der Waals surface area contributed by atoms with Gasteiger partial charge in [0, 0.05) is 36.5 Å². The molecule has 0 aliphatic carbocycles. The highest BCUT2D eigenvalue weighted by atomic mass is 16.5. The Morgan fingerprint density at radius 3 is 2.87 bits per heavy atom. The van der Waals surface area contributed by atoms with E-state index >= 15 is 0 Å². The zero-order chi connectivity index (χ0) is 21.1. The number of aromatic nitrogens is 4. The molecule has 0 bridgehead atoms. The molecular weight excluding hydrogens is 382 g/mol. The second-order valence-corrected chi connectivity index (χ2v) is 7.40. The van der Waals surface area contributed by atoms with Gasteiger partial charge in [-0.05, 0) is 19.8 Å². The Kier molecular flexibility index (Phi) is 5.76. The summed E-state index contributed by atoms with van der Waals surface area (Å²) in [6, 6.07) is 9.48. The van der Waals surface area contributed by atoms with E-state index in [2.05, 4.69) is 22.0 Å². The van der Waals surface area contributed by atoms with Crippen molar-refractivity contribution < 1.29 is 9.53 Å². The van der Waals surface area contributed by atoms with Crippen molar-refractivity contribution in [2.24, 2.45) is 0 Å². The SMILES string of the molecule is C=CCn1c(C)c(CC(=O)NC[C@H]2CCCO2)c(=O)n2nc(-c3ccccc3)nc12. The van der Waals surface area contributed by atoms with Crippen LogP contribution in [0.5, 0.6) is 0 Å². The average Bonchev–Trinajstić information content (AvgIpc) is 3.43. The minimum atomic E-state index is -0.329. The molecule has 1 fully saturated rings. The van der Waals surface area contributed by atoms with Crippen LogP contribution in [0.2, 0.25) is 0 Å². The summed E-state index contributed by atoms with van der Waals surface area (Å²) in [7, 11) is 0. The van der Waals surface area contributed by atoms with Crippen molar-refractivity contribution >= 4 is 11.7 Å². The Balaban J connectivity index is 1.69. The van der Waals surface area contributed by atoms with Crippen LogP contribution in [0.1, 0.15) is 24.1 Å². The fourth-order valence-corrected chi connectivity index (χ4v) is 3.73. The molecule has 4 rings (SSSR count). The minimum absolute atomic E-state index is 0.0228. The molecule has 0 radical (unpaired) electrons. The molecular formula is C22H25N5O3. The first-order valence-corrected chi connectivity index (χ1v) is 10.1. The molecule has 1 atom stereocenters. The summed E-state index contributed by atoms with van der Waals surface area (Å²) >= 11 is 0. The molecule has 1 N–H and O–H groups in total. The molecule has 3 aromatic rings. The second kappa shape index (κ2) is 8.62. The van der Waals surface area contributed by atoms with Gasteiger partial charge in [0.2, 0.25) is 11.7 Å². The Hall–Kier alpha value is -3.26. The summed E-state index contributed by atoms with van der Waals surface area (Å²) in [5.74, 6) is 0.684. The van der Waals surface area contributed by atoms with Crippen molar-refractivity contribution in [2.75, 3.05) is 13.2 Å². The van der Waals surface area contributed by atoms with Crippen LogP contribution in [0.25, 0.3) is 17.2 Å². The second-order valence-electron chi connectivity index (χ2n) is 7.40. The molecule has 30 heavy (non-hydrogen) atoms. The van der Waals surface area contributed by atoms with E-state index in [1.54, 1.807) is 6.08 Å². The van der Waals surface area contributed by atoms with E-state index in [1.165, 1.54) is 4.52 Å². The van der Waals surface area contributed by atoms with Crippen LogP contribution in [0.4, 0.5) is 0 Å². The van der Waals surface area contributed by atoms with Crippen LogP contribution < -0.4 is 10.9 Å². The van der Waals surface area contributed by atoms with Gasteiger partial charge >= 0.3 is 0 Å². The molecule has 0 saturated carbocycles. The van der Waals surface area contributed by atoms with Gasteiger partial charge < -0.3 is 14.6 Å². The van der Waals surface area contributed by atoms with E-state index in [0.29, 0.717) is 35.9 Å². The summed E-state index contributed by atoms with van der Waals surface area (Å²) in [6.45, 7) is 7.28. The van der Waals surface area contributed by atoms with E-state index in [-0.39, 0.29) is 24.0 Å². The highest BCUT2D eigenvalue weighted by Crippen LogP contribution is 2.17. The van der Waals surface area contributed by atoms with Gasteiger partial charge in [0.25, 0.3) is 5.56 Å². The number of amides is 1. The summed E-state index contributed by atoms with van der Waals surface area (Å²) in [5.41, 5.74) is 1.58. The number of carbonyl (C=O) groups is 1. The Morgan fingerprint density at radius 2 is 2.17 bits per heavy atom. The van der Waals surface area contributed by atoms with Gasteiger partial charge in [-0.2, -0.15) is 9.50 Å². The molecule has 1 saturated heterocycles. The van der Waals surface area contributed by atoms with Crippen molar-refractivity contribution in [3.63, 3.8) is 0 Å². The number of hydrogen-bond donors (Lipinski definition) is 1. The monoisotopic (exact) mass is 407 g/mol. The van der Waals surface area contributed by atoms with Crippen LogP contribution in [0.15, 0.2) is 47.8 Å². The van der Waals surface area contributed by atoms with Gasteiger partial charge in [0.15, 0.2) is 5.82 Å². The summed E-state index contributed by atoms with van der Waals surface area (Å²) in [5, 5.41) is 7.31. The molecule has 8 heteroatoms. The lowest BCUT2D eigenvalue weighted by Gasteiger charge is -2.15. The Labute approximate surface area is 174 Å². The van der Waals surface area contributed by atoms with Crippen LogP contribution in [0, 0.1) is 6.92 Å². The fraction of sp³-hybridized carbons (Fsp3) is 0.364. The zero-order valence-corrected chi connectivity index (χ0v) is 17.0. The van der Waals surface area contributed by atoms with E-state index in [9.17, 15) is 9.59 Å². The maximum Gasteiger partial charge on any atom is 0.279 e. The molecule has 2 aromatic heterocycles. The third-order valence-corrected chi connectivity index (χ3v) is 5.36. The molecule has 0 unspecified atom stereocenters. The van der Waals surface area contributed by atoms with Crippen LogP contribution >= 0.6 is 0 Å².